The van der Waals surface area contributed by atoms with Gasteiger partial charge in [-0.3, -0.25) is 14.4 Å². The second-order valence-electron chi connectivity index (χ2n) is 8.88. The van der Waals surface area contributed by atoms with Crippen molar-refractivity contribution in [3.05, 3.63) is 83.1 Å². The highest BCUT2D eigenvalue weighted by Gasteiger charge is 2.19. The maximum atomic E-state index is 13.5. The normalized spacial score (nSPS) is 11.6. The van der Waals surface area contributed by atoms with Crippen LogP contribution in [-0.2, 0) is 14.4 Å². The third-order valence-electron chi connectivity index (χ3n) is 5.99. The molecule has 1 aromatic heterocycles. The molecule has 0 radical (unpaired) electrons. The number of rotatable bonds is 12. The number of nitrogens with zero attached hydrogens (tertiary/aromatic N) is 1. The number of hydrogen-bond donors (Lipinski definition) is 5. The van der Waals surface area contributed by atoms with Gasteiger partial charge in [-0.15, -0.1) is 0 Å². The summed E-state index contributed by atoms with van der Waals surface area (Å²) in [7, 11) is 0. The maximum absolute atomic E-state index is 13.5. The smallest absolute Gasteiger partial charge is 0.305 e. The van der Waals surface area contributed by atoms with Crippen molar-refractivity contribution in [3.63, 3.8) is 0 Å². The molecule has 4 rings (SSSR count). The summed E-state index contributed by atoms with van der Waals surface area (Å²) in [5.41, 5.74) is 3.79. The summed E-state index contributed by atoms with van der Waals surface area (Å²) < 4.78 is 13.5. The summed E-state index contributed by atoms with van der Waals surface area (Å²) in [5, 5.41) is 17.7. The van der Waals surface area contributed by atoms with Crippen LogP contribution in [0.15, 0.2) is 66.7 Å². The molecule has 1 atom stereocenters. The van der Waals surface area contributed by atoms with Crippen molar-refractivity contribution in [3.8, 4) is 11.1 Å². The van der Waals surface area contributed by atoms with Gasteiger partial charge in [0, 0.05) is 13.0 Å². The van der Waals surface area contributed by atoms with Crippen LogP contribution >= 0.6 is 11.6 Å². The number of H-pyrrole nitrogens is 1. The second kappa shape index (κ2) is 12.9. The van der Waals surface area contributed by atoms with E-state index >= 15 is 0 Å². The Kier molecular flexibility index (Phi) is 9.11. The molecule has 1 unspecified atom stereocenters. The number of benzene rings is 3. The van der Waals surface area contributed by atoms with Gasteiger partial charge in [0.05, 0.1) is 35.1 Å². The molecule has 0 spiro atoms. The van der Waals surface area contributed by atoms with Crippen molar-refractivity contribution >= 4 is 46.4 Å². The average molecular weight is 552 g/mol. The number of carboxylic acids is 1. The zero-order valence-corrected chi connectivity index (χ0v) is 21.6. The number of carboxylic acid groups (broad SMARTS) is 1. The molecular formula is C28H27ClFN5O4. The van der Waals surface area contributed by atoms with Crippen LogP contribution in [0.25, 0.3) is 22.2 Å². The fourth-order valence-electron chi connectivity index (χ4n) is 4.02. The van der Waals surface area contributed by atoms with Gasteiger partial charge in [0.15, 0.2) is 0 Å². The van der Waals surface area contributed by atoms with Gasteiger partial charge in [-0.25, -0.2) is 9.37 Å². The van der Waals surface area contributed by atoms with Crippen LogP contribution in [-0.4, -0.2) is 45.9 Å². The first-order valence-electron chi connectivity index (χ1n) is 12.3. The lowest BCUT2D eigenvalue weighted by Crippen LogP contribution is -2.39. The first-order chi connectivity index (χ1) is 18.8. The van der Waals surface area contributed by atoms with E-state index in [1.807, 2.05) is 24.3 Å². The van der Waals surface area contributed by atoms with Gasteiger partial charge in [0.1, 0.15) is 5.82 Å². The molecule has 0 aliphatic rings. The van der Waals surface area contributed by atoms with E-state index in [1.165, 1.54) is 12.1 Å². The Morgan fingerprint density at radius 1 is 1.00 bits per heavy atom. The van der Waals surface area contributed by atoms with Gasteiger partial charge in [-0.2, -0.15) is 0 Å². The number of nitrogens with one attached hydrogen (secondary N) is 4. The van der Waals surface area contributed by atoms with Crippen molar-refractivity contribution in [1.29, 1.82) is 0 Å². The quantitative estimate of drug-likeness (QED) is 0.162. The highest BCUT2D eigenvalue weighted by atomic mass is 35.5. The Balaban J connectivity index is 1.24. The molecule has 4 aromatic rings. The minimum Gasteiger partial charge on any atom is -0.481 e. The fraction of sp³-hybridized carbons (Fsp3) is 0.214. The largest absolute Gasteiger partial charge is 0.481 e. The molecule has 0 saturated carbocycles. The highest BCUT2D eigenvalue weighted by molar-refractivity contribution is 6.31. The molecular weight excluding hydrogens is 525 g/mol. The van der Waals surface area contributed by atoms with Crippen LogP contribution in [0.4, 0.5) is 10.3 Å². The number of aliphatic carboxylic acids is 1. The molecule has 9 nitrogen and oxygen atoms in total. The summed E-state index contributed by atoms with van der Waals surface area (Å²) in [4.78, 5) is 43.6. The molecule has 11 heteroatoms. The number of hydrogen-bond acceptors (Lipinski definition) is 5. The van der Waals surface area contributed by atoms with E-state index in [1.54, 1.807) is 30.3 Å². The van der Waals surface area contributed by atoms with Crippen LogP contribution in [0, 0.1) is 5.82 Å². The van der Waals surface area contributed by atoms with E-state index in [4.69, 9.17) is 11.6 Å². The van der Waals surface area contributed by atoms with Crippen molar-refractivity contribution < 1.29 is 23.9 Å². The third kappa shape index (κ3) is 7.78. The van der Waals surface area contributed by atoms with Crippen molar-refractivity contribution in [2.75, 3.05) is 18.4 Å². The van der Waals surface area contributed by atoms with Gasteiger partial charge in [0.25, 0.3) is 0 Å². The minimum absolute atomic E-state index is 0.00268. The number of carbonyl (C=O) groups is 3. The predicted octanol–water partition coefficient (Wildman–Crippen LogP) is 4.66. The average Bonchev–Trinajstić information content (AvgIpc) is 3.34. The summed E-state index contributed by atoms with van der Waals surface area (Å²) in [6.45, 7) is 0.234. The summed E-state index contributed by atoms with van der Waals surface area (Å²) in [6.07, 6.45) is 0.389. The Bertz CT molecular complexity index is 1440. The molecule has 0 fully saturated rings. The highest BCUT2D eigenvalue weighted by Crippen LogP contribution is 2.27. The standard InChI is InChI=1S/C28H27ClFN5O4/c29-20-14-19(11-12-21(20)30)17-7-9-18(10-8-17)24(15-27(38)39)33-26(37)16-32-25(36)6-3-13-31-28-34-22-4-1-2-5-23(22)35-28/h1-2,4-5,7-12,14,24H,3,6,13,15-16H2,(H,32,36)(H,33,37)(H,38,39)(H2,31,34,35). The van der Waals surface area contributed by atoms with Crippen molar-refractivity contribution in [2.45, 2.75) is 25.3 Å². The number of amides is 2. The second-order valence-corrected chi connectivity index (χ2v) is 9.29. The fourth-order valence-corrected chi connectivity index (χ4v) is 4.20. The molecule has 2 amide bonds. The zero-order chi connectivity index (χ0) is 27.8. The van der Waals surface area contributed by atoms with Crippen LogP contribution < -0.4 is 16.0 Å². The van der Waals surface area contributed by atoms with E-state index in [-0.39, 0.29) is 30.3 Å². The Morgan fingerprint density at radius 3 is 2.46 bits per heavy atom. The van der Waals surface area contributed by atoms with Crippen molar-refractivity contribution in [2.24, 2.45) is 0 Å². The summed E-state index contributed by atoms with van der Waals surface area (Å²) in [5.74, 6) is -1.80. The van der Waals surface area contributed by atoms with Gasteiger partial charge < -0.3 is 26.0 Å². The number of halogens is 2. The SMILES string of the molecule is O=C(O)CC(NC(=O)CNC(=O)CCCNc1nc2ccccc2[nH]1)c1ccc(-c2ccc(F)c(Cl)c2)cc1. The van der Waals surface area contributed by atoms with Gasteiger partial charge in [0.2, 0.25) is 17.8 Å². The number of anilines is 1. The molecule has 0 bridgehead atoms. The van der Waals surface area contributed by atoms with E-state index in [0.29, 0.717) is 30.0 Å². The number of aromatic nitrogens is 2. The third-order valence-corrected chi connectivity index (χ3v) is 6.28. The van der Waals surface area contributed by atoms with Crippen molar-refractivity contribution in [1.82, 2.24) is 20.6 Å². The molecule has 0 aliphatic carbocycles. The molecule has 3 aromatic carbocycles. The minimum atomic E-state index is -1.09. The van der Waals surface area contributed by atoms with E-state index in [9.17, 15) is 23.9 Å². The van der Waals surface area contributed by atoms with E-state index in [0.717, 1.165) is 16.6 Å². The monoisotopic (exact) mass is 551 g/mol. The van der Waals surface area contributed by atoms with E-state index in [2.05, 4.69) is 25.9 Å². The molecule has 0 saturated heterocycles. The molecule has 0 aliphatic heterocycles. The van der Waals surface area contributed by atoms with Crippen LogP contribution in [0.2, 0.25) is 5.02 Å². The number of para-hydroxylation sites is 2. The number of imidazole rings is 1. The van der Waals surface area contributed by atoms with Gasteiger partial charge in [-0.1, -0.05) is 54.1 Å². The van der Waals surface area contributed by atoms with Gasteiger partial charge in [-0.05, 0) is 47.4 Å². The molecule has 39 heavy (non-hydrogen) atoms. The Labute approximate surface area is 228 Å². The number of fused-ring (bicyclic) bond motifs is 1. The first kappa shape index (κ1) is 27.6. The molecule has 1 heterocycles. The molecule has 202 valence electrons. The Morgan fingerprint density at radius 2 is 1.74 bits per heavy atom. The maximum Gasteiger partial charge on any atom is 0.305 e. The summed E-state index contributed by atoms with van der Waals surface area (Å²) in [6, 6.07) is 18.0. The number of aromatic amines is 1. The molecule has 5 N–H and O–H groups in total. The lowest BCUT2D eigenvalue weighted by Gasteiger charge is -2.18. The van der Waals surface area contributed by atoms with Gasteiger partial charge >= 0.3 is 5.97 Å². The van der Waals surface area contributed by atoms with E-state index < -0.39 is 23.7 Å². The predicted molar refractivity (Wildman–Crippen MR) is 147 cm³/mol. The van der Waals surface area contributed by atoms with Crippen LogP contribution in [0.5, 0.6) is 0 Å². The lowest BCUT2D eigenvalue weighted by atomic mass is 9.99. The van der Waals surface area contributed by atoms with Crippen LogP contribution in [0.3, 0.4) is 0 Å². The first-order valence-corrected chi connectivity index (χ1v) is 12.7. The summed E-state index contributed by atoms with van der Waals surface area (Å²) >= 11 is 5.86. The topological polar surface area (TPSA) is 136 Å². The lowest BCUT2D eigenvalue weighted by molar-refractivity contribution is -0.138. The number of carbonyl (C=O) groups excluding carboxylic acids is 2. The zero-order valence-electron chi connectivity index (χ0n) is 20.8. The van der Waals surface area contributed by atoms with Crippen LogP contribution in [0.1, 0.15) is 30.9 Å². The Hall–Kier alpha value is -4.44.